The number of rotatable bonds is 4. The van der Waals surface area contributed by atoms with Crippen molar-refractivity contribution in [1.82, 2.24) is 4.98 Å². The molecule has 0 saturated heterocycles. The van der Waals surface area contributed by atoms with E-state index in [0.29, 0.717) is 11.4 Å². The Hall–Kier alpha value is -2.36. The molecule has 17 heavy (non-hydrogen) atoms. The highest BCUT2D eigenvalue weighted by Crippen LogP contribution is 2.11. The van der Waals surface area contributed by atoms with Crippen molar-refractivity contribution in [2.24, 2.45) is 0 Å². The summed E-state index contributed by atoms with van der Waals surface area (Å²) in [4.78, 5) is 15.7. The van der Waals surface area contributed by atoms with E-state index in [1.54, 1.807) is 24.3 Å². The van der Waals surface area contributed by atoms with Gasteiger partial charge in [0.05, 0.1) is 5.69 Å². The number of aromatic nitrogens is 1. The van der Waals surface area contributed by atoms with Crippen LogP contribution in [0.4, 0.5) is 5.69 Å². The number of ketones is 1. The zero-order valence-electron chi connectivity index (χ0n) is 9.17. The number of ether oxygens (including phenoxy) is 1. The third kappa shape index (κ3) is 2.81. The number of nitrogen functional groups attached to an aromatic ring is 1. The third-order valence-corrected chi connectivity index (χ3v) is 2.22. The normalized spacial score (nSPS) is 9.88. The molecule has 2 N–H and O–H groups in total. The molecule has 4 nitrogen and oxygen atoms in total. The van der Waals surface area contributed by atoms with E-state index in [9.17, 15) is 4.79 Å². The predicted molar refractivity (Wildman–Crippen MR) is 64.9 cm³/mol. The van der Waals surface area contributed by atoms with Crippen LogP contribution in [-0.2, 0) is 0 Å². The summed E-state index contributed by atoms with van der Waals surface area (Å²) in [6.45, 7) is -0.0643. The van der Waals surface area contributed by atoms with Gasteiger partial charge in [-0.3, -0.25) is 9.78 Å². The number of hydrogen-bond acceptors (Lipinski definition) is 4. The summed E-state index contributed by atoms with van der Waals surface area (Å²) in [6, 6.07) is 12.5. The molecule has 0 saturated carbocycles. The smallest absolute Gasteiger partial charge is 0.220 e. The maximum absolute atomic E-state index is 11.8. The number of para-hydroxylation sites is 1. The molecule has 0 unspecified atom stereocenters. The molecule has 0 bridgehead atoms. The molecule has 1 heterocycles. The van der Waals surface area contributed by atoms with Crippen molar-refractivity contribution in [3.8, 4) is 5.75 Å². The molecule has 0 atom stereocenters. The molecule has 86 valence electrons. The number of nitrogens with zero attached hydrogens (tertiary/aromatic N) is 1. The number of nitrogens with two attached hydrogens (primary N) is 1. The summed E-state index contributed by atoms with van der Waals surface area (Å²) >= 11 is 0. The van der Waals surface area contributed by atoms with E-state index in [4.69, 9.17) is 10.5 Å². The van der Waals surface area contributed by atoms with Crippen molar-refractivity contribution in [1.29, 1.82) is 0 Å². The van der Waals surface area contributed by atoms with Gasteiger partial charge in [0.1, 0.15) is 11.4 Å². The Kier molecular flexibility index (Phi) is 3.35. The molecule has 2 aromatic rings. The Labute approximate surface area is 99.1 Å². The van der Waals surface area contributed by atoms with Crippen molar-refractivity contribution < 1.29 is 9.53 Å². The van der Waals surface area contributed by atoms with E-state index < -0.39 is 0 Å². The first-order valence-corrected chi connectivity index (χ1v) is 5.19. The maximum atomic E-state index is 11.8. The number of hydrogen-bond donors (Lipinski definition) is 1. The van der Waals surface area contributed by atoms with Gasteiger partial charge in [0, 0.05) is 6.20 Å². The van der Waals surface area contributed by atoms with E-state index in [-0.39, 0.29) is 18.1 Å². The second-order valence-corrected chi connectivity index (χ2v) is 3.47. The summed E-state index contributed by atoms with van der Waals surface area (Å²) in [5.41, 5.74) is 6.27. The van der Waals surface area contributed by atoms with Gasteiger partial charge in [-0.2, -0.15) is 0 Å². The Balaban J connectivity index is 2.01. The lowest BCUT2D eigenvalue weighted by molar-refractivity contribution is 0.0917. The van der Waals surface area contributed by atoms with Gasteiger partial charge in [0.15, 0.2) is 6.61 Å². The number of anilines is 1. The molecular weight excluding hydrogens is 216 g/mol. The lowest BCUT2D eigenvalue weighted by Crippen LogP contribution is -2.15. The van der Waals surface area contributed by atoms with Gasteiger partial charge in [-0.05, 0) is 24.3 Å². The Morgan fingerprint density at radius 3 is 2.65 bits per heavy atom. The largest absolute Gasteiger partial charge is 0.485 e. The molecule has 4 heteroatoms. The fourth-order valence-corrected chi connectivity index (χ4v) is 1.38. The van der Waals surface area contributed by atoms with Crippen LogP contribution in [0.1, 0.15) is 10.5 Å². The van der Waals surface area contributed by atoms with Gasteiger partial charge in [-0.25, -0.2) is 0 Å². The van der Waals surface area contributed by atoms with E-state index in [1.807, 2.05) is 18.2 Å². The molecule has 0 radical (unpaired) electrons. The van der Waals surface area contributed by atoms with Gasteiger partial charge in [-0.1, -0.05) is 18.2 Å². The highest BCUT2D eigenvalue weighted by Gasteiger charge is 2.11. The van der Waals surface area contributed by atoms with Gasteiger partial charge < -0.3 is 10.5 Å². The minimum atomic E-state index is -0.230. The highest BCUT2D eigenvalue weighted by atomic mass is 16.5. The summed E-state index contributed by atoms with van der Waals surface area (Å²) in [5, 5.41) is 0. The molecule has 0 aliphatic heterocycles. The standard InChI is InChI=1S/C13H12N2O2/c14-11-7-4-8-15-13(11)12(16)9-17-10-5-2-1-3-6-10/h1-8H,9,14H2. The van der Waals surface area contributed by atoms with Crippen molar-refractivity contribution in [2.45, 2.75) is 0 Å². The average Bonchev–Trinajstić information content (AvgIpc) is 2.38. The summed E-state index contributed by atoms with van der Waals surface area (Å²) in [7, 11) is 0. The SMILES string of the molecule is Nc1cccnc1C(=O)COc1ccccc1. The number of carbonyl (C=O) groups excluding carboxylic acids is 1. The first-order chi connectivity index (χ1) is 8.27. The predicted octanol–water partition coefficient (Wildman–Crippen LogP) is 1.93. The zero-order chi connectivity index (χ0) is 12.1. The Morgan fingerprint density at radius 1 is 1.18 bits per heavy atom. The molecule has 2 rings (SSSR count). The third-order valence-electron chi connectivity index (χ3n) is 2.22. The van der Waals surface area contributed by atoms with Crippen molar-refractivity contribution in [3.05, 3.63) is 54.4 Å². The van der Waals surface area contributed by atoms with Crippen LogP contribution in [0.2, 0.25) is 0 Å². The Bertz CT molecular complexity index is 512. The molecule has 1 aromatic carbocycles. The summed E-state index contributed by atoms with van der Waals surface area (Å²) in [6.07, 6.45) is 1.53. The lowest BCUT2D eigenvalue weighted by atomic mass is 10.2. The number of pyridine rings is 1. The van der Waals surface area contributed by atoms with Crippen LogP contribution in [0.15, 0.2) is 48.7 Å². The Morgan fingerprint density at radius 2 is 1.94 bits per heavy atom. The average molecular weight is 228 g/mol. The highest BCUT2D eigenvalue weighted by molar-refractivity contribution is 5.99. The second-order valence-electron chi connectivity index (χ2n) is 3.47. The quantitative estimate of drug-likeness (QED) is 0.812. The molecular formula is C13H12N2O2. The van der Waals surface area contributed by atoms with Gasteiger partial charge >= 0.3 is 0 Å². The first-order valence-electron chi connectivity index (χ1n) is 5.19. The van der Waals surface area contributed by atoms with Gasteiger partial charge in [-0.15, -0.1) is 0 Å². The van der Waals surface area contributed by atoms with Crippen molar-refractivity contribution in [3.63, 3.8) is 0 Å². The second kappa shape index (κ2) is 5.12. The van der Waals surface area contributed by atoms with E-state index in [0.717, 1.165) is 0 Å². The lowest BCUT2D eigenvalue weighted by Gasteiger charge is -2.05. The van der Waals surface area contributed by atoms with E-state index in [2.05, 4.69) is 4.98 Å². The molecule has 1 aromatic heterocycles. The summed E-state index contributed by atoms with van der Waals surface area (Å²) < 4.78 is 5.33. The van der Waals surface area contributed by atoms with Gasteiger partial charge in [0.2, 0.25) is 5.78 Å². The van der Waals surface area contributed by atoms with Crippen LogP contribution >= 0.6 is 0 Å². The molecule has 0 aliphatic carbocycles. The van der Waals surface area contributed by atoms with Crippen LogP contribution in [-0.4, -0.2) is 17.4 Å². The number of benzene rings is 1. The van der Waals surface area contributed by atoms with E-state index >= 15 is 0 Å². The molecule has 0 spiro atoms. The van der Waals surface area contributed by atoms with Crippen LogP contribution in [0.3, 0.4) is 0 Å². The minimum absolute atomic E-state index is 0.0643. The van der Waals surface area contributed by atoms with Crippen LogP contribution in [0.5, 0.6) is 5.75 Å². The van der Waals surface area contributed by atoms with Crippen molar-refractivity contribution >= 4 is 11.5 Å². The fourth-order valence-electron chi connectivity index (χ4n) is 1.38. The maximum Gasteiger partial charge on any atom is 0.220 e. The van der Waals surface area contributed by atoms with Crippen LogP contribution < -0.4 is 10.5 Å². The molecule has 0 fully saturated rings. The molecule has 0 amide bonds. The van der Waals surface area contributed by atoms with E-state index in [1.165, 1.54) is 6.20 Å². The summed E-state index contributed by atoms with van der Waals surface area (Å²) in [5.74, 6) is 0.419. The monoisotopic (exact) mass is 228 g/mol. The topological polar surface area (TPSA) is 65.2 Å². The number of Topliss-reactive ketones (excluding diaryl/α,β-unsaturated/α-hetero) is 1. The molecule has 0 aliphatic rings. The van der Waals surface area contributed by atoms with Crippen molar-refractivity contribution in [2.75, 3.05) is 12.3 Å². The first kappa shape index (κ1) is 11.1. The van der Waals surface area contributed by atoms with Gasteiger partial charge in [0.25, 0.3) is 0 Å². The number of carbonyl (C=O) groups is 1. The van der Waals surface area contributed by atoms with Crippen LogP contribution in [0.25, 0.3) is 0 Å². The zero-order valence-corrected chi connectivity index (χ0v) is 9.17. The fraction of sp³-hybridized carbons (Fsp3) is 0.0769. The van der Waals surface area contributed by atoms with Crippen LogP contribution in [0, 0.1) is 0 Å². The minimum Gasteiger partial charge on any atom is -0.485 e.